The Morgan fingerprint density at radius 1 is 1.41 bits per heavy atom. The number of benzene rings is 1. The first kappa shape index (κ1) is 16.5. The van der Waals surface area contributed by atoms with E-state index in [1.807, 2.05) is 0 Å². The summed E-state index contributed by atoms with van der Waals surface area (Å²) >= 11 is 5.89. The van der Waals surface area contributed by atoms with Gasteiger partial charge < -0.3 is 10.6 Å². The van der Waals surface area contributed by atoms with Crippen LogP contribution >= 0.6 is 11.6 Å². The summed E-state index contributed by atoms with van der Waals surface area (Å²) in [5, 5.41) is 15.3. The number of amides is 1. The molecule has 0 bridgehead atoms. The van der Waals surface area contributed by atoms with Gasteiger partial charge in [-0.15, -0.1) is 11.6 Å². The van der Waals surface area contributed by atoms with E-state index in [-0.39, 0.29) is 23.7 Å². The van der Waals surface area contributed by atoms with Crippen molar-refractivity contribution in [3.05, 3.63) is 34.4 Å². The van der Waals surface area contributed by atoms with Crippen LogP contribution in [-0.4, -0.2) is 48.7 Å². The Hall–Kier alpha value is -1.87. The molecule has 1 aromatic carbocycles. The van der Waals surface area contributed by atoms with Crippen LogP contribution < -0.4 is 10.6 Å². The monoisotopic (exact) mass is 347 g/mol. The Kier molecular flexibility index (Phi) is 4.87. The molecule has 1 aromatic rings. The van der Waals surface area contributed by atoms with Crippen LogP contribution in [0, 0.1) is 10.1 Å². The van der Waals surface area contributed by atoms with Gasteiger partial charge in [-0.2, -0.15) is 0 Å². The van der Waals surface area contributed by atoms with Crippen LogP contribution in [0.25, 0.3) is 0 Å². The number of hydrogen-bond acceptors (Lipinski definition) is 6. The van der Waals surface area contributed by atoms with Crippen LogP contribution in [0.2, 0.25) is 0 Å². The molecule has 0 aliphatic carbocycles. The maximum atomic E-state index is 11.8. The van der Waals surface area contributed by atoms with Crippen LogP contribution in [0.5, 0.6) is 0 Å². The minimum absolute atomic E-state index is 0.0897. The second-order valence-corrected chi connectivity index (χ2v) is 7.64. The lowest BCUT2D eigenvalue weighted by molar-refractivity contribution is -0.384. The van der Waals surface area contributed by atoms with E-state index < -0.39 is 32.1 Å². The maximum Gasteiger partial charge on any atom is 0.271 e. The minimum Gasteiger partial charge on any atom is -0.376 e. The number of rotatable bonds is 5. The number of nitrogens with one attached hydrogen (secondary N) is 2. The number of nitrogens with zero attached hydrogens (tertiary/aromatic N) is 1. The van der Waals surface area contributed by atoms with Gasteiger partial charge in [0.05, 0.1) is 34.4 Å². The molecule has 1 aliphatic rings. The summed E-state index contributed by atoms with van der Waals surface area (Å²) in [5.41, 5.74) is 0.332. The van der Waals surface area contributed by atoms with E-state index in [9.17, 15) is 23.3 Å². The Bertz CT molecular complexity index is 694. The summed E-state index contributed by atoms with van der Waals surface area (Å²) in [6.07, 6.45) is 0. The van der Waals surface area contributed by atoms with Gasteiger partial charge in [0, 0.05) is 17.8 Å². The number of halogens is 1. The molecule has 0 saturated carbocycles. The van der Waals surface area contributed by atoms with Gasteiger partial charge >= 0.3 is 0 Å². The third kappa shape index (κ3) is 4.31. The van der Waals surface area contributed by atoms with Crippen molar-refractivity contribution in [2.24, 2.45) is 0 Å². The summed E-state index contributed by atoms with van der Waals surface area (Å²) in [6.45, 7) is -0.138. The first-order valence-electron chi connectivity index (χ1n) is 6.39. The zero-order valence-corrected chi connectivity index (χ0v) is 12.9. The number of alkyl halides is 1. The van der Waals surface area contributed by atoms with E-state index in [0.717, 1.165) is 0 Å². The van der Waals surface area contributed by atoms with Gasteiger partial charge in [0.25, 0.3) is 5.69 Å². The van der Waals surface area contributed by atoms with Gasteiger partial charge in [0.1, 0.15) is 0 Å². The minimum atomic E-state index is -3.21. The molecule has 8 nitrogen and oxygen atoms in total. The van der Waals surface area contributed by atoms with Crippen LogP contribution in [0.4, 0.5) is 11.4 Å². The topological polar surface area (TPSA) is 118 Å². The number of carbonyl (C=O) groups is 1. The lowest BCUT2D eigenvalue weighted by Gasteiger charge is -2.14. The van der Waals surface area contributed by atoms with E-state index in [2.05, 4.69) is 10.6 Å². The van der Waals surface area contributed by atoms with Crippen LogP contribution in [0.1, 0.15) is 0 Å². The highest BCUT2D eigenvalue weighted by Crippen LogP contribution is 2.18. The molecule has 22 heavy (non-hydrogen) atoms. The van der Waals surface area contributed by atoms with Crippen molar-refractivity contribution in [1.82, 2.24) is 5.32 Å². The van der Waals surface area contributed by atoms with Crippen molar-refractivity contribution in [1.29, 1.82) is 0 Å². The lowest BCUT2D eigenvalue weighted by Crippen LogP contribution is -2.43. The van der Waals surface area contributed by atoms with Crippen molar-refractivity contribution in [3.63, 3.8) is 0 Å². The quantitative estimate of drug-likeness (QED) is 0.455. The zero-order chi connectivity index (χ0) is 16.3. The van der Waals surface area contributed by atoms with Crippen molar-refractivity contribution >= 4 is 38.7 Å². The Morgan fingerprint density at radius 2 is 2.14 bits per heavy atom. The molecule has 0 unspecified atom stereocenters. The van der Waals surface area contributed by atoms with E-state index >= 15 is 0 Å². The van der Waals surface area contributed by atoms with E-state index in [0.29, 0.717) is 5.69 Å². The summed E-state index contributed by atoms with van der Waals surface area (Å²) < 4.78 is 22.8. The summed E-state index contributed by atoms with van der Waals surface area (Å²) in [6, 6.07) is 5.11. The second-order valence-electron chi connectivity index (χ2n) is 4.93. The molecule has 2 N–H and O–H groups in total. The van der Waals surface area contributed by atoms with E-state index in [1.165, 1.54) is 18.2 Å². The van der Waals surface area contributed by atoms with Gasteiger partial charge in [0.2, 0.25) is 5.91 Å². The average Bonchev–Trinajstić information content (AvgIpc) is 2.69. The number of non-ortho nitro benzene ring substituents is 1. The number of anilines is 1. The Morgan fingerprint density at radius 3 is 2.73 bits per heavy atom. The molecule has 1 amide bonds. The van der Waals surface area contributed by atoms with Gasteiger partial charge in [0.15, 0.2) is 9.84 Å². The lowest BCUT2D eigenvalue weighted by atomic mass is 10.2. The number of nitro benzene ring substituents is 1. The molecular weight excluding hydrogens is 334 g/mol. The molecule has 0 spiro atoms. The molecule has 120 valence electrons. The fourth-order valence-electron chi connectivity index (χ4n) is 2.11. The smallest absolute Gasteiger partial charge is 0.271 e. The molecule has 1 fully saturated rings. The highest BCUT2D eigenvalue weighted by molar-refractivity contribution is 7.91. The number of carbonyl (C=O) groups excluding carboxylic acids is 1. The first-order valence-corrected chi connectivity index (χ1v) is 8.65. The first-order chi connectivity index (χ1) is 10.3. The fraction of sp³-hybridized carbons (Fsp3) is 0.417. The highest BCUT2D eigenvalue weighted by atomic mass is 35.5. The summed E-state index contributed by atoms with van der Waals surface area (Å²) in [5.74, 6) is -0.763. The largest absolute Gasteiger partial charge is 0.376 e. The third-order valence-corrected chi connectivity index (χ3v) is 5.52. The third-order valence-electron chi connectivity index (χ3n) is 3.14. The Balaban J connectivity index is 1.88. The SMILES string of the molecule is O=C(CNc1cccc([N+](=O)[O-])c1)N[C@H]1CS(=O)(=O)C[C@@H]1Cl. The predicted molar refractivity (Wildman–Crippen MR) is 81.8 cm³/mol. The second kappa shape index (κ2) is 6.49. The highest BCUT2D eigenvalue weighted by Gasteiger charge is 2.37. The maximum absolute atomic E-state index is 11.8. The van der Waals surface area contributed by atoms with Gasteiger partial charge in [-0.05, 0) is 6.07 Å². The van der Waals surface area contributed by atoms with Crippen LogP contribution in [0.3, 0.4) is 0 Å². The molecular formula is C12H14ClN3O5S. The molecule has 2 atom stereocenters. The van der Waals surface area contributed by atoms with E-state index in [4.69, 9.17) is 11.6 Å². The molecule has 1 heterocycles. The summed E-state index contributed by atoms with van der Waals surface area (Å²) in [7, 11) is -3.21. The van der Waals surface area contributed by atoms with Crippen LogP contribution in [0.15, 0.2) is 24.3 Å². The molecule has 1 aliphatic heterocycles. The molecule has 0 radical (unpaired) electrons. The predicted octanol–water partition coefficient (Wildman–Crippen LogP) is 0.527. The molecule has 0 aromatic heterocycles. The zero-order valence-electron chi connectivity index (χ0n) is 11.4. The van der Waals surface area contributed by atoms with E-state index in [1.54, 1.807) is 6.07 Å². The van der Waals surface area contributed by atoms with Gasteiger partial charge in [-0.25, -0.2) is 8.42 Å². The molecule has 10 heteroatoms. The van der Waals surface area contributed by atoms with Crippen molar-refractivity contribution in [2.45, 2.75) is 11.4 Å². The normalized spacial score (nSPS) is 23.0. The van der Waals surface area contributed by atoms with Crippen molar-refractivity contribution in [2.75, 3.05) is 23.4 Å². The summed E-state index contributed by atoms with van der Waals surface area (Å²) in [4.78, 5) is 21.9. The van der Waals surface area contributed by atoms with Crippen LogP contribution in [-0.2, 0) is 14.6 Å². The average molecular weight is 348 g/mol. The number of hydrogen-bond donors (Lipinski definition) is 2. The fourth-order valence-corrected chi connectivity index (χ4v) is 4.66. The van der Waals surface area contributed by atoms with Crippen molar-refractivity contribution < 1.29 is 18.1 Å². The molecule has 2 rings (SSSR count). The Labute approximate surface area is 131 Å². The molecule has 1 saturated heterocycles. The number of nitro groups is 1. The van der Waals surface area contributed by atoms with Gasteiger partial charge in [-0.3, -0.25) is 14.9 Å². The van der Waals surface area contributed by atoms with Gasteiger partial charge in [-0.1, -0.05) is 6.07 Å². The standard InChI is InChI=1S/C12H14ClN3O5S/c13-10-6-22(20,21)7-11(10)15-12(17)5-14-8-2-1-3-9(4-8)16(18)19/h1-4,10-11,14H,5-7H2,(H,15,17)/t10-,11-/m0/s1. The number of sulfone groups is 1. The van der Waals surface area contributed by atoms with Crippen molar-refractivity contribution in [3.8, 4) is 0 Å².